The minimum absolute atomic E-state index is 0.0649. The Kier molecular flexibility index (Phi) is 5.99. The first-order valence-corrected chi connectivity index (χ1v) is 9.71. The molecule has 4 rings (SSSR count). The molecular formula is C21H15F7O5. The predicted octanol–water partition coefficient (Wildman–Crippen LogP) is 3.42. The van der Waals surface area contributed by atoms with E-state index in [1.165, 1.54) is 6.08 Å². The average Bonchev–Trinajstić information content (AvgIpc) is 3.25. The Bertz CT molecular complexity index is 1170. The molecule has 2 fully saturated rings. The number of fused-ring (bicyclic) bond motifs is 2. The summed E-state index contributed by atoms with van der Waals surface area (Å²) in [5.41, 5.74) is 0. The summed E-state index contributed by atoms with van der Waals surface area (Å²) in [6, 6.07) is 0. The van der Waals surface area contributed by atoms with Gasteiger partial charge in [0.1, 0.15) is 18.8 Å². The first kappa shape index (κ1) is 23.3. The largest absolute Gasteiger partial charge is 0.484 e. The highest BCUT2D eigenvalue weighted by Crippen LogP contribution is 2.42. The normalized spacial score (nSPS) is 25.7. The molecule has 0 amide bonds. The third kappa shape index (κ3) is 3.80. The van der Waals surface area contributed by atoms with Crippen molar-refractivity contribution in [1.82, 2.24) is 0 Å². The zero-order valence-electron chi connectivity index (χ0n) is 16.4. The fourth-order valence-electron chi connectivity index (χ4n) is 4.26. The van der Waals surface area contributed by atoms with E-state index in [4.69, 9.17) is 9.47 Å². The van der Waals surface area contributed by atoms with Gasteiger partial charge in [0, 0.05) is 18.3 Å². The molecule has 2 N–H and O–H groups in total. The van der Waals surface area contributed by atoms with Gasteiger partial charge in [0.2, 0.25) is 5.82 Å². The van der Waals surface area contributed by atoms with Crippen LogP contribution in [0.4, 0.5) is 30.7 Å². The highest BCUT2D eigenvalue weighted by atomic mass is 19.2. The average molecular weight is 480 g/mol. The van der Waals surface area contributed by atoms with Crippen LogP contribution in [0.2, 0.25) is 0 Å². The minimum atomic E-state index is -2.45. The Hall–Kier alpha value is -2.86. The lowest BCUT2D eigenvalue weighted by molar-refractivity contribution is -0.141. The quantitative estimate of drug-likeness (QED) is 0.226. The number of hydrogen-bond acceptors (Lipinski definition) is 5. The van der Waals surface area contributed by atoms with Gasteiger partial charge in [-0.25, -0.2) is 26.3 Å². The highest BCUT2D eigenvalue weighted by molar-refractivity contribution is 5.87. The Morgan fingerprint density at radius 1 is 0.939 bits per heavy atom. The second-order valence-corrected chi connectivity index (χ2v) is 7.82. The van der Waals surface area contributed by atoms with E-state index in [0.29, 0.717) is 0 Å². The van der Waals surface area contributed by atoms with Crippen molar-refractivity contribution in [3.63, 3.8) is 0 Å². The lowest BCUT2D eigenvalue weighted by Crippen LogP contribution is -2.20. The van der Waals surface area contributed by atoms with Gasteiger partial charge in [0.15, 0.2) is 40.7 Å². The first-order chi connectivity index (χ1) is 15.5. The maximum atomic E-state index is 14.6. The van der Waals surface area contributed by atoms with Crippen molar-refractivity contribution >= 4 is 16.7 Å². The van der Waals surface area contributed by atoms with E-state index in [1.54, 1.807) is 0 Å². The molecule has 2 aromatic carbocycles. The Labute approximate surface area is 181 Å². The number of halogens is 7. The number of carbonyl (C=O) groups excluding carboxylic acids is 1. The van der Waals surface area contributed by atoms with Gasteiger partial charge >= 0.3 is 5.97 Å². The Morgan fingerprint density at radius 2 is 1.52 bits per heavy atom. The molecular weight excluding hydrogens is 465 g/mol. The van der Waals surface area contributed by atoms with Crippen molar-refractivity contribution in [1.29, 1.82) is 0 Å². The maximum Gasteiger partial charge on any atom is 0.306 e. The minimum Gasteiger partial charge on any atom is -0.484 e. The van der Waals surface area contributed by atoms with Gasteiger partial charge in [-0.1, -0.05) is 12.2 Å². The maximum absolute atomic E-state index is 14.6. The number of aliphatic hydroxyl groups is 2. The predicted molar refractivity (Wildman–Crippen MR) is 96.4 cm³/mol. The summed E-state index contributed by atoms with van der Waals surface area (Å²) in [4.78, 5) is 11.4. The molecule has 2 aromatic rings. The standard InChI is InChI=1S/C21H15F7O5/c22-14-12-13(15(23)19(27)18(14)26)17(25)21(20(28)16(12)24)32-5-6(29)1-2-7-8-3-11(31)33-10(8)4-9(7)30/h1-2,6-10,29-30H,3-5H2/b2-1+/t6-,7+,8+,9+,10-/m0/s1. The van der Waals surface area contributed by atoms with Crippen LogP contribution in [0.1, 0.15) is 12.8 Å². The van der Waals surface area contributed by atoms with Gasteiger partial charge in [-0.05, 0) is 0 Å². The molecule has 0 unspecified atom stereocenters. The van der Waals surface area contributed by atoms with Crippen LogP contribution < -0.4 is 4.74 Å². The second kappa shape index (κ2) is 8.49. The molecule has 2 aliphatic rings. The molecule has 1 aliphatic heterocycles. The van der Waals surface area contributed by atoms with Crippen molar-refractivity contribution in [2.75, 3.05) is 6.61 Å². The highest BCUT2D eigenvalue weighted by Gasteiger charge is 2.48. The number of aliphatic hydroxyl groups excluding tert-OH is 2. The monoisotopic (exact) mass is 480 g/mol. The third-order valence-corrected chi connectivity index (χ3v) is 5.83. The number of esters is 1. The topological polar surface area (TPSA) is 76.0 Å². The fourth-order valence-corrected chi connectivity index (χ4v) is 4.26. The Morgan fingerprint density at radius 3 is 2.15 bits per heavy atom. The van der Waals surface area contributed by atoms with E-state index >= 15 is 0 Å². The van der Waals surface area contributed by atoms with E-state index in [0.717, 1.165) is 6.08 Å². The summed E-state index contributed by atoms with van der Waals surface area (Å²) in [6.07, 6.45) is -0.180. The van der Waals surface area contributed by atoms with Crippen LogP contribution >= 0.6 is 0 Å². The van der Waals surface area contributed by atoms with Gasteiger partial charge < -0.3 is 19.7 Å². The molecule has 0 spiro atoms. The molecule has 178 valence electrons. The third-order valence-electron chi connectivity index (χ3n) is 5.83. The summed E-state index contributed by atoms with van der Waals surface area (Å²) < 4.78 is 107. The van der Waals surface area contributed by atoms with Crippen molar-refractivity contribution < 1.29 is 55.2 Å². The smallest absolute Gasteiger partial charge is 0.306 e. The molecule has 0 aromatic heterocycles. The fraction of sp³-hybridized carbons (Fsp3) is 0.381. The molecule has 5 atom stereocenters. The number of rotatable bonds is 5. The zero-order valence-corrected chi connectivity index (χ0v) is 16.4. The summed E-state index contributed by atoms with van der Waals surface area (Å²) in [6.45, 7) is -0.907. The number of benzene rings is 2. The SMILES string of the molecule is O=C1C[C@@H]2[C@@H](/C=C/[C@H](O)COc3c(F)c(F)c4c(F)c(F)c(F)c(F)c4c3F)[C@H](O)C[C@@H]2O1. The van der Waals surface area contributed by atoms with Gasteiger partial charge in [-0.3, -0.25) is 4.79 Å². The summed E-state index contributed by atoms with van der Waals surface area (Å²) >= 11 is 0. The van der Waals surface area contributed by atoms with E-state index in [9.17, 15) is 45.7 Å². The van der Waals surface area contributed by atoms with Crippen LogP contribution in [0.15, 0.2) is 12.2 Å². The molecule has 0 bridgehead atoms. The molecule has 1 saturated heterocycles. The van der Waals surface area contributed by atoms with Crippen molar-refractivity contribution in [2.24, 2.45) is 11.8 Å². The van der Waals surface area contributed by atoms with E-state index in [1.807, 2.05) is 0 Å². The van der Waals surface area contributed by atoms with Gasteiger partial charge in [0.05, 0.1) is 23.3 Å². The molecule has 0 radical (unpaired) electrons. The molecule has 5 nitrogen and oxygen atoms in total. The van der Waals surface area contributed by atoms with Crippen molar-refractivity contribution in [3.8, 4) is 5.75 Å². The molecule has 1 saturated carbocycles. The van der Waals surface area contributed by atoms with Crippen molar-refractivity contribution in [2.45, 2.75) is 31.2 Å². The summed E-state index contributed by atoms with van der Waals surface area (Å²) in [7, 11) is 0. The number of ether oxygens (including phenoxy) is 2. The number of carbonyl (C=O) groups is 1. The molecule has 1 aliphatic carbocycles. The summed E-state index contributed by atoms with van der Waals surface area (Å²) in [5, 5.41) is 16.6. The second-order valence-electron chi connectivity index (χ2n) is 7.82. The van der Waals surface area contributed by atoms with Crippen LogP contribution in [-0.2, 0) is 9.53 Å². The van der Waals surface area contributed by atoms with Crippen LogP contribution in [0.3, 0.4) is 0 Å². The number of hydrogen-bond donors (Lipinski definition) is 2. The zero-order chi connectivity index (χ0) is 24.2. The molecule has 1 heterocycles. The summed E-state index contributed by atoms with van der Waals surface area (Å²) in [5.74, 6) is -18.8. The van der Waals surface area contributed by atoms with Gasteiger partial charge in [-0.2, -0.15) is 4.39 Å². The van der Waals surface area contributed by atoms with Gasteiger partial charge in [0.25, 0.3) is 0 Å². The van der Waals surface area contributed by atoms with E-state index in [-0.39, 0.29) is 18.8 Å². The molecule has 33 heavy (non-hydrogen) atoms. The lowest BCUT2D eigenvalue weighted by atomic mass is 9.91. The van der Waals surface area contributed by atoms with E-state index in [2.05, 4.69) is 0 Å². The van der Waals surface area contributed by atoms with Crippen LogP contribution in [0, 0.1) is 52.6 Å². The first-order valence-electron chi connectivity index (χ1n) is 9.71. The Balaban J connectivity index is 1.56. The van der Waals surface area contributed by atoms with E-state index < -0.39 is 94.0 Å². The molecule has 12 heteroatoms. The van der Waals surface area contributed by atoms with Crippen LogP contribution in [0.25, 0.3) is 10.8 Å². The lowest BCUT2D eigenvalue weighted by Gasteiger charge is -2.16. The van der Waals surface area contributed by atoms with Gasteiger partial charge in [-0.15, -0.1) is 0 Å². The van der Waals surface area contributed by atoms with Crippen LogP contribution in [0.5, 0.6) is 5.75 Å². The van der Waals surface area contributed by atoms with Crippen molar-refractivity contribution in [3.05, 3.63) is 52.9 Å². The van der Waals surface area contributed by atoms with Crippen LogP contribution in [-0.4, -0.2) is 41.1 Å².